The maximum absolute atomic E-state index is 12.8. The van der Waals surface area contributed by atoms with Crippen molar-refractivity contribution in [2.24, 2.45) is 7.05 Å². The normalized spacial score (nSPS) is 11.2. The smallest absolute Gasteiger partial charge is 0.262 e. The van der Waals surface area contributed by atoms with E-state index in [9.17, 15) is 9.59 Å². The third-order valence-electron chi connectivity index (χ3n) is 4.44. The highest BCUT2D eigenvalue weighted by molar-refractivity contribution is 7.99. The van der Waals surface area contributed by atoms with Gasteiger partial charge in [0.05, 0.1) is 33.7 Å². The minimum atomic E-state index is -0.173. The number of benzene rings is 1. The average Bonchev–Trinajstić information content (AvgIpc) is 2.88. The standard InChI is InChI=1S/C19H22ClN5O2S/c1-5-8-25-18(27)14-7-6-13(20)9-15(14)21-19(25)28-10-16(26)22-17-11(2)23-24(4)12(17)3/h6-7,9H,5,8,10H2,1-4H3,(H,22,26). The minimum Gasteiger partial charge on any atom is -0.322 e. The number of amides is 1. The van der Waals surface area contributed by atoms with Gasteiger partial charge in [-0.05, 0) is 38.5 Å². The predicted octanol–water partition coefficient (Wildman–Crippen LogP) is 3.54. The van der Waals surface area contributed by atoms with E-state index in [4.69, 9.17) is 11.6 Å². The number of halogens is 1. The van der Waals surface area contributed by atoms with E-state index in [0.717, 1.165) is 23.5 Å². The van der Waals surface area contributed by atoms with Gasteiger partial charge < -0.3 is 5.32 Å². The van der Waals surface area contributed by atoms with E-state index in [-0.39, 0.29) is 17.2 Å². The number of hydrogen-bond acceptors (Lipinski definition) is 5. The van der Waals surface area contributed by atoms with Gasteiger partial charge >= 0.3 is 0 Å². The maximum Gasteiger partial charge on any atom is 0.262 e. The number of rotatable bonds is 6. The van der Waals surface area contributed by atoms with Crippen LogP contribution in [0, 0.1) is 13.8 Å². The molecule has 1 N–H and O–H groups in total. The zero-order chi connectivity index (χ0) is 20.4. The van der Waals surface area contributed by atoms with Gasteiger partial charge in [0.15, 0.2) is 5.16 Å². The van der Waals surface area contributed by atoms with Crippen molar-refractivity contribution in [3.63, 3.8) is 0 Å². The van der Waals surface area contributed by atoms with Gasteiger partial charge in [0.2, 0.25) is 5.91 Å². The van der Waals surface area contributed by atoms with Crippen molar-refractivity contribution in [3.05, 3.63) is 45.0 Å². The van der Waals surface area contributed by atoms with E-state index in [1.54, 1.807) is 27.4 Å². The molecule has 0 saturated heterocycles. The number of hydrogen-bond donors (Lipinski definition) is 1. The van der Waals surface area contributed by atoms with Crippen molar-refractivity contribution in [3.8, 4) is 0 Å². The summed E-state index contributed by atoms with van der Waals surface area (Å²) in [5.41, 5.74) is 2.78. The second-order valence-electron chi connectivity index (χ2n) is 6.52. The Morgan fingerprint density at radius 1 is 1.32 bits per heavy atom. The molecule has 0 aliphatic rings. The Morgan fingerprint density at radius 2 is 2.07 bits per heavy atom. The van der Waals surface area contributed by atoms with Crippen LogP contribution in [0.5, 0.6) is 0 Å². The topological polar surface area (TPSA) is 81.8 Å². The van der Waals surface area contributed by atoms with Crippen LogP contribution in [0.25, 0.3) is 10.9 Å². The molecule has 1 amide bonds. The van der Waals surface area contributed by atoms with Gasteiger partial charge in [0.25, 0.3) is 5.56 Å². The molecule has 0 aliphatic heterocycles. The van der Waals surface area contributed by atoms with Crippen LogP contribution in [0.2, 0.25) is 5.02 Å². The molecule has 0 bridgehead atoms. The second kappa shape index (κ2) is 8.36. The molecule has 2 aromatic heterocycles. The third kappa shape index (κ3) is 4.07. The summed E-state index contributed by atoms with van der Waals surface area (Å²) < 4.78 is 3.35. The largest absolute Gasteiger partial charge is 0.322 e. The van der Waals surface area contributed by atoms with Crippen LogP contribution in [0.1, 0.15) is 24.7 Å². The Labute approximate surface area is 172 Å². The number of aromatic nitrogens is 4. The summed E-state index contributed by atoms with van der Waals surface area (Å²) in [6.07, 6.45) is 0.786. The molecule has 28 heavy (non-hydrogen) atoms. The van der Waals surface area contributed by atoms with Gasteiger partial charge in [-0.1, -0.05) is 30.3 Å². The van der Waals surface area contributed by atoms with E-state index in [2.05, 4.69) is 15.4 Å². The van der Waals surface area contributed by atoms with Crippen LogP contribution in [-0.2, 0) is 18.4 Å². The fourth-order valence-corrected chi connectivity index (χ4v) is 3.96. The number of carbonyl (C=O) groups is 1. The lowest BCUT2D eigenvalue weighted by Gasteiger charge is -2.12. The first-order valence-electron chi connectivity index (χ1n) is 8.94. The molecule has 0 atom stereocenters. The Morgan fingerprint density at radius 3 is 2.71 bits per heavy atom. The summed E-state index contributed by atoms with van der Waals surface area (Å²) in [4.78, 5) is 29.9. The summed E-state index contributed by atoms with van der Waals surface area (Å²) in [7, 11) is 1.83. The molecule has 3 aromatic rings. The molecule has 1 aromatic carbocycles. The highest BCUT2D eigenvalue weighted by atomic mass is 35.5. The first-order chi connectivity index (χ1) is 13.3. The van der Waals surface area contributed by atoms with E-state index < -0.39 is 0 Å². The zero-order valence-electron chi connectivity index (χ0n) is 16.2. The van der Waals surface area contributed by atoms with Crippen molar-refractivity contribution in [2.45, 2.75) is 38.9 Å². The van der Waals surface area contributed by atoms with Crippen molar-refractivity contribution in [2.75, 3.05) is 11.1 Å². The molecule has 9 heteroatoms. The van der Waals surface area contributed by atoms with E-state index >= 15 is 0 Å². The molecule has 0 unspecified atom stereocenters. The summed E-state index contributed by atoms with van der Waals surface area (Å²) in [5.74, 6) is -0.0385. The minimum absolute atomic E-state index is 0.120. The van der Waals surface area contributed by atoms with Crippen LogP contribution in [0.3, 0.4) is 0 Å². The van der Waals surface area contributed by atoms with Gasteiger partial charge in [-0.15, -0.1) is 0 Å². The van der Waals surface area contributed by atoms with Gasteiger partial charge in [-0.2, -0.15) is 5.10 Å². The molecule has 7 nitrogen and oxygen atoms in total. The van der Waals surface area contributed by atoms with Crippen molar-refractivity contribution >= 4 is 45.9 Å². The van der Waals surface area contributed by atoms with Crippen LogP contribution in [0.15, 0.2) is 28.2 Å². The number of thioether (sulfide) groups is 1. The average molecular weight is 420 g/mol. The fraction of sp³-hybridized carbons (Fsp3) is 0.368. The lowest BCUT2D eigenvalue weighted by Crippen LogP contribution is -2.24. The number of nitrogens with zero attached hydrogens (tertiary/aromatic N) is 4. The summed E-state index contributed by atoms with van der Waals surface area (Å²) in [6, 6.07) is 5.04. The Kier molecular flexibility index (Phi) is 6.10. The van der Waals surface area contributed by atoms with Gasteiger partial charge in [0, 0.05) is 18.6 Å². The van der Waals surface area contributed by atoms with Gasteiger partial charge in [-0.3, -0.25) is 18.8 Å². The molecular weight excluding hydrogens is 398 g/mol. The molecule has 0 aliphatic carbocycles. The van der Waals surface area contributed by atoms with Crippen molar-refractivity contribution in [1.82, 2.24) is 19.3 Å². The molecular formula is C19H22ClN5O2S. The molecule has 0 fully saturated rings. The van der Waals surface area contributed by atoms with E-state index in [1.165, 1.54) is 11.8 Å². The number of anilines is 1. The maximum atomic E-state index is 12.8. The fourth-order valence-electron chi connectivity index (χ4n) is 2.96. The molecule has 3 rings (SSSR count). The third-order valence-corrected chi connectivity index (χ3v) is 5.65. The first kappa shape index (κ1) is 20.4. The van der Waals surface area contributed by atoms with E-state index in [1.807, 2.05) is 27.8 Å². The lowest BCUT2D eigenvalue weighted by atomic mass is 10.2. The van der Waals surface area contributed by atoms with Gasteiger partial charge in [0.1, 0.15) is 0 Å². The second-order valence-corrected chi connectivity index (χ2v) is 7.90. The summed E-state index contributed by atoms with van der Waals surface area (Å²) in [6.45, 7) is 6.28. The zero-order valence-corrected chi connectivity index (χ0v) is 17.8. The SMILES string of the molecule is CCCn1c(SCC(=O)Nc2c(C)nn(C)c2C)nc2cc(Cl)ccc2c1=O. The van der Waals surface area contributed by atoms with Crippen molar-refractivity contribution < 1.29 is 4.79 Å². The number of aryl methyl sites for hydroxylation is 2. The molecule has 2 heterocycles. The lowest BCUT2D eigenvalue weighted by molar-refractivity contribution is -0.113. The molecule has 0 radical (unpaired) electrons. The highest BCUT2D eigenvalue weighted by Gasteiger charge is 2.16. The predicted molar refractivity (Wildman–Crippen MR) is 113 cm³/mol. The molecule has 0 spiro atoms. The number of fused-ring (bicyclic) bond motifs is 1. The number of carbonyl (C=O) groups excluding carboxylic acids is 1. The molecule has 148 valence electrons. The van der Waals surface area contributed by atoms with Crippen LogP contribution in [0.4, 0.5) is 5.69 Å². The van der Waals surface area contributed by atoms with Crippen LogP contribution >= 0.6 is 23.4 Å². The van der Waals surface area contributed by atoms with Crippen molar-refractivity contribution in [1.29, 1.82) is 0 Å². The van der Waals surface area contributed by atoms with Crippen LogP contribution < -0.4 is 10.9 Å². The quantitative estimate of drug-likeness (QED) is 0.488. The van der Waals surface area contributed by atoms with E-state index in [0.29, 0.717) is 27.6 Å². The highest BCUT2D eigenvalue weighted by Crippen LogP contribution is 2.22. The Balaban J connectivity index is 1.85. The van der Waals surface area contributed by atoms with Gasteiger partial charge in [-0.25, -0.2) is 4.98 Å². The Bertz CT molecular complexity index is 1110. The summed E-state index contributed by atoms with van der Waals surface area (Å²) in [5, 5.41) is 8.75. The first-order valence-corrected chi connectivity index (χ1v) is 10.3. The van der Waals surface area contributed by atoms with Crippen LogP contribution in [-0.4, -0.2) is 31.0 Å². The summed E-state index contributed by atoms with van der Waals surface area (Å²) >= 11 is 7.28. The monoisotopic (exact) mass is 419 g/mol. The Hall–Kier alpha value is -2.32. The number of nitrogens with one attached hydrogen (secondary N) is 1. The molecule has 0 saturated carbocycles.